The van der Waals surface area contributed by atoms with Crippen LogP contribution in [0.1, 0.15) is 27.7 Å². The lowest BCUT2D eigenvalue weighted by Crippen LogP contribution is -2.33. The van der Waals surface area contributed by atoms with Crippen LogP contribution in [0.2, 0.25) is 0 Å². The number of carbonyl (C=O) groups excluding carboxylic acids is 1. The number of nitrogens with one attached hydrogen (secondary N) is 1. The quantitative estimate of drug-likeness (QED) is 0.545. The van der Waals surface area contributed by atoms with Crippen molar-refractivity contribution in [1.82, 2.24) is 5.32 Å². The molecule has 0 aromatic carbocycles. The van der Waals surface area contributed by atoms with Crippen molar-refractivity contribution in [3.05, 3.63) is 0 Å². The minimum absolute atomic E-state index is 0.0922. The maximum Gasteiger partial charge on any atom is 0.409 e. The molecule has 0 fully saturated rings. The predicted molar refractivity (Wildman–Crippen MR) is 51.8 cm³/mol. The number of alkyl carbamates (subject to hydrolysis) is 1. The van der Waals surface area contributed by atoms with Crippen LogP contribution in [0.25, 0.3) is 0 Å². The van der Waals surface area contributed by atoms with Crippen LogP contribution in [-0.2, 0) is 14.2 Å². The maximum absolute atomic E-state index is 11.0. The third-order valence-corrected chi connectivity index (χ3v) is 1.09. The first-order valence-electron chi connectivity index (χ1n) is 4.58. The molecule has 5 nitrogen and oxygen atoms in total. The summed E-state index contributed by atoms with van der Waals surface area (Å²) in [4.78, 5) is 11.0. The third-order valence-electron chi connectivity index (χ3n) is 1.09. The van der Waals surface area contributed by atoms with Crippen molar-refractivity contribution in [3.8, 4) is 0 Å². The van der Waals surface area contributed by atoms with E-state index in [0.29, 0.717) is 6.61 Å². The second-order valence-corrected chi connectivity index (χ2v) is 3.64. The van der Waals surface area contributed by atoms with Crippen LogP contribution < -0.4 is 5.32 Å². The Balaban J connectivity index is 3.36. The number of hydrogen-bond donors (Lipinski definition) is 1. The molecular formula is C9H19NO4. The van der Waals surface area contributed by atoms with E-state index in [2.05, 4.69) is 5.32 Å². The van der Waals surface area contributed by atoms with Crippen LogP contribution >= 0.6 is 0 Å². The number of hydrogen-bond acceptors (Lipinski definition) is 4. The second-order valence-electron chi connectivity index (χ2n) is 3.64. The van der Waals surface area contributed by atoms with Gasteiger partial charge in [0, 0.05) is 6.61 Å². The van der Waals surface area contributed by atoms with Gasteiger partial charge >= 0.3 is 6.09 Å². The summed E-state index contributed by atoms with van der Waals surface area (Å²) in [6.45, 7) is 8.12. The molecule has 1 amide bonds. The third kappa shape index (κ3) is 9.28. The van der Waals surface area contributed by atoms with Gasteiger partial charge in [-0.25, -0.2) is 4.79 Å². The summed E-state index contributed by atoms with van der Waals surface area (Å²) < 4.78 is 14.8. The zero-order chi connectivity index (χ0) is 11.0. The molecule has 0 rings (SSSR count). The lowest BCUT2D eigenvalue weighted by atomic mass is 10.2. The molecule has 0 aliphatic heterocycles. The van der Waals surface area contributed by atoms with Crippen molar-refractivity contribution in [2.24, 2.45) is 0 Å². The van der Waals surface area contributed by atoms with E-state index in [1.165, 1.54) is 0 Å². The van der Waals surface area contributed by atoms with E-state index in [-0.39, 0.29) is 13.5 Å². The molecule has 0 heterocycles. The van der Waals surface area contributed by atoms with Crippen LogP contribution in [0.5, 0.6) is 0 Å². The topological polar surface area (TPSA) is 56.8 Å². The van der Waals surface area contributed by atoms with Gasteiger partial charge in [-0.1, -0.05) is 0 Å². The van der Waals surface area contributed by atoms with E-state index in [1.807, 2.05) is 6.92 Å². The summed E-state index contributed by atoms with van der Waals surface area (Å²) in [5.41, 5.74) is -0.482. The fourth-order valence-corrected chi connectivity index (χ4v) is 0.608. The summed E-state index contributed by atoms with van der Waals surface area (Å²) in [6, 6.07) is 0. The first kappa shape index (κ1) is 13.2. The van der Waals surface area contributed by atoms with Crippen LogP contribution in [0.15, 0.2) is 0 Å². The average Bonchev–Trinajstić information content (AvgIpc) is 2.00. The number of rotatable bonds is 5. The molecule has 5 heteroatoms. The molecule has 0 unspecified atom stereocenters. The van der Waals surface area contributed by atoms with Crippen LogP contribution in [0.4, 0.5) is 4.79 Å². The fourth-order valence-electron chi connectivity index (χ4n) is 0.608. The van der Waals surface area contributed by atoms with Gasteiger partial charge in [0.25, 0.3) is 0 Å². The Morgan fingerprint density at radius 1 is 1.29 bits per heavy atom. The van der Waals surface area contributed by atoms with E-state index in [4.69, 9.17) is 14.2 Å². The van der Waals surface area contributed by atoms with Gasteiger partial charge in [-0.05, 0) is 27.7 Å². The molecule has 0 spiro atoms. The smallest absolute Gasteiger partial charge is 0.409 e. The molecule has 0 aliphatic carbocycles. The van der Waals surface area contributed by atoms with Gasteiger partial charge in [0.15, 0.2) is 0 Å². The number of amides is 1. The van der Waals surface area contributed by atoms with E-state index in [9.17, 15) is 4.79 Å². The first-order valence-corrected chi connectivity index (χ1v) is 4.58. The van der Waals surface area contributed by atoms with E-state index >= 15 is 0 Å². The molecule has 1 N–H and O–H groups in total. The van der Waals surface area contributed by atoms with Crippen molar-refractivity contribution < 1.29 is 19.0 Å². The highest BCUT2D eigenvalue weighted by atomic mass is 16.7. The summed E-state index contributed by atoms with van der Waals surface area (Å²) in [6.07, 6.45) is -0.492. The van der Waals surface area contributed by atoms with Gasteiger partial charge in [-0.15, -0.1) is 0 Å². The predicted octanol–water partition coefficient (Wildman–Crippen LogP) is 1.48. The van der Waals surface area contributed by atoms with Crippen molar-refractivity contribution in [1.29, 1.82) is 0 Å². The number of carbonyl (C=O) groups is 1. The van der Waals surface area contributed by atoms with E-state index in [1.54, 1.807) is 20.8 Å². The summed E-state index contributed by atoms with van der Waals surface area (Å²) in [7, 11) is 0. The average molecular weight is 205 g/mol. The molecule has 0 aromatic rings. The van der Waals surface area contributed by atoms with Gasteiger partial charge in [-0.2, -0.15) is 0 Å². The Kier molecular flexibility index (Phi) is 6.23. The molecule has 0 bridgehead atoms. The highest BCUT2D eigenvalue weighted by Gasteiger charge is 2.15. The zero-order valence-corrected chi connectivity index (χ0v) is 9.25. The van der Waals surface area contributed by atoms with Crippen LogP contribution in [-0.4, -0.2) is 31.8 Å². The SMILES string of the molecule is CCOCOCNC(=O)OC(C)(C)C. The lowest BCUT2D eigenvalue weighted by molar-refractivity contribution is -0.0562. The Bertz CT molecular complexity index is 165. The molecule has 0 aromatic heterocycles. The first-order chi connectivity index (χ1) is 6.45. The molecule has 84 valence electrons. The Hall–Kier alpha value is -0.810. The normalized spacial score (nSPS) is 11.1. The van der Waals surface area contributed by atoms with Crippen LogP contribution in [0, 0.1) is 0 Å². The highest BCUT2D eigenvalue weighted by molar-refractivity contribution is 5.67. The van der Waals surface area contributed by atoms with Crippen molar-refractivity contribution in [2.75, 3.05) is 20.1 Å². The summed E-state index contributed by atoms with van der Waals surface area (Å²) in [5.74, 6) is 0. The molecule has 0 atom stereocenters. The molecule has 14 heavy (non-hydrogen) atoms. The van der Waals surface area contributed by atoms with Crippen molar-refractivity contribution >= 4 is 6.09 Å². The fraction of sp³-hybridized carbons (Fsp3) is 0.889. The summed E-state index contributed by atoms with van der Waals surface area (Å²) in [5, 5.41) is 2.43. The van der Waals surface area contributed by atoms with Gasteiger partial charge in [0.1, 0.15) is 19.1 Å². The van der Waals surface area contributed by atoms with Gasteiger partial charge < -0.3 is 14.2 Å². The van der Waals surface area contributed by atoms with Gasteiger partial charge in [0.05, 0.1) is 0 Å². The molecule has 0 saturated carbocycles. The zero-order valence-electron chi connectivity index (χ0n) is 9.25. The highest BCUT2D eigenvalue weighted by Crippen LogP contribution is 2.05. The molecule has 0 saturated heterocycles. The minimum Gasteiger partial charge on any atom is -0.444 e. The van der Waals surface area contributed by atoms with E-state index < -0.39 is 11.7 Å². The molecular weight excluding hydrogens is 186 g/mol. The Morgan fingerprint density at radius 2 is 1.93 bits per heavy atom. The van der Waals surface area contributed by atoms with Crippen molar-refractivity contribution in [3.63, 3.8) is 0 Å². The standard InChI is InChI=1S/C9H19NO4/c1-5-12-7-13-6-10-8(11)14-9(2,3)4/h5-7H2,1-4H3,(H,10,11). The number of ether oxygens (including phenoxy) is 3. The Morgan fingerprint density at radius 3 is 2.43 bits per heavy atom. The minimum atomic E-state index is -0.492. The van der Waals surface area contributed by atoms with Gasteiger partial charge in [-0.3, -0.25) is 5.32 Å². The van der Waals surface area contributed by atoms with Crippen LogP contribution in [0.3, 0.4) is 0 Å². The lowest BCUT2D eigenvalue weighted by Gasteiger charge is -2.19. The molecule has 0 aliphatic rings. The maximum atomic E-state index is 11.0. The van der Waals surface area contributed by atoms with Crippen molar-refractivity contribution in [2.45, 2.75) is 33.3 Å². The summed E-state index contributed by atoms with van der Waals surface area (Å²) >= 11 is 0. The van der Waals surface area contributed by atoms with E-state index in [0.717, 1.165) is 0 Å². The molecule has 0 radical (unpaired) electrons. The Labute approximate surface area is 84.7 Å². The van der Waals surface area contributed by atoms with Gasteiger partial charge in [0.2, 0.25) is 0 Å². The monoisotopic (exact) mass is 205 g/mol. The largest absolute Gasteiger partial charge is 0.444 e. The second kappa shape index (κ2) is 6.62.